The molecule has 0 spiro atoms. The summed E-state index contributed by atoms with van der Waals surface area (Å²) in [6.07, 6.45) is 9.97. The van der Waals surface area contributed by atoms with E-state index in [1.54, 1.807) is 10.7 Å². The van der Waals surface area contributed by atoms with Gasteiger partial charge in [-0.05, 0) is 56.9 Å². The summed E-state index contributed by atoms with van der Waals surface area (Å²) in [5.74, 6) is -0.454. The topological polar surface area (TPSA) is 110 Å². The summed E-state index contributed by atoms with van der Waals surface area (Å²) >= 11 is 0. The van der Waals surface area contributed by atoms with Gasteiger partial charge in [-0.2, -0.15) is 5.10 Å². The number of carbonyl (C=O) groups is 1. The summed E-state index contributed by atoms with van der Waals surface area (Å²) in [4.78, 5) is 42.7. The van der Waals surface area contributed by atoms with E-state index in [2.05, 4.69) is 20.4 Å². The van der Waals surface area contributed by atoms with E-state index in [0.29, 0.717) is 0 Å². The zero-order chi connectivity index (χ0) is 18.8. The Hall–Kier alpha value is -2.77. The molecule has 0 radical (unpaired) electrons. The number of nitrogens with one attached hydrogen (secondary N) is 2. The largest absolute Gasteiger partial charge is 0.348 e. The van der Waals surface area contributed by atoms with E-state index in [-0.39, 0.29) is 23.3 Å². The summed E-state index contributed by atoms with van der Waals surface area (Å²) in [7, 11) is 0. The number of carbonyl (C=O) groups excluding carboxylic acids is 1. The molecule has 2 aromatic heterocycles. The summed E-state index contributed by atoms with van der Waals surface area (Å²) in [5, 5.41) is 7.53. The molecular weight excluding hydrogens is 346 g/mol. The number of aromatic nitrogens is 4. The van der Waals surface area contributed by atoms with E-state index >= 15 is 0 Å². The standard InChI is InChI=1S/C19H23N5O3/c25-16-11-12-3-1-2-4-15(12)23-24(16)14-7-5-13(6-8-14)22-19(27)17-18(26)21-10-9-20-17/h9-11,13-14H,1-8H2,(H,21,26)(H,22,27). The van der Waals surface area contributed by atoms with Crippen molar-refractivity contribution in [1.29, 1.82) is 0 Å². The monoisotopic (exact) mass is 369 g/mol. The molecular formula is C19H23N5O3. The van der Waals surface area contributed by atoms with Gasteiger partial charge in [-0.15, -0.1) is 0 Å². The molecule has 0 unspecified atom stereocenters. The van der Waals surface area contributed by atoms with Crippen LogP contribution in [0.2, 0.25) is 0 Å². The second-order valence-corrected chi connectivity index (χ2v) is 7.35. The first-order valence-corrected chi connectivity index (χ1v) is 9.58. The van der Waals surface area contributed by atoms with E-state index in [9.17, 15) is 14.4 Å². The molecule has 27 heavy (non-hydrogen) atoms. The predicted molar refractivity (Wildman–Crippen MR) is 98.8 cm³/mol. The SMILES string of the molecule is O=C(NC1CCC(n2nc3c(cc2=O)CCCC3)CC1)c1ncc[nH]c1=O. The number of H-pyrrole nitrogens is 1. The van der Waals surface area contributed by atoms with Crippen molar-refractivity contribution in [1.82, 2.24) is 25.1 Å². The van der Waals surface area contributed by atoms with E-state index in [0.717, 1.165) is 62.6 Å². The van der Waals surface area contributed by atoms with Crippen LogP contribution in [-0.4, -0.2) is 31.7 Å². The van der Waals surface area contributed by atoms with Gasteiger partial charge in [0.1, 0.15) is 0 Å². The molecule has 142 valence electrons. The van der Waals surface area contributed by atoms with Gasteiger partial charge in [-0.1, -0.05) is 0 Å². The zero-order valence-electron chi connectivity index (χ0n) is 15.1. The molecule has 8 nitrogen and oxygen atoms in total. The van der Waals surface area contributed by atoms with Crippen LogP contribution in [0.15, 0.2) is 28.0 Å². The van der Waals surface area contributed by atoms with Gasteiger partial charge in [0.25, 0.3) is 17.0 Å². The van der Waals surface area contributed by atoms with Gasteiger partial charge < -0.3 is 10.3 Å². The third-order valence-electron chi connectivity index (χ3n) is 5.53. The van der Waals surface area contributed by atoms with Crippen LogP contribution in [0.25, 0.3) is 0 Å². The highest BCUT2D eigenvalue weighted by atomic mass is 16.2. The molecule has 2 heterocycles. The summed E-state index contributed by atoms with van der Waals surface area (Å²) in [6, 6.07) is 1.79. The Kier molecular flexibility index (Phi) is 4.87. The molecule has 0 bridgehead atoms. The Morgan fingerprint density at radius 2 is 1.93 bits per heavy atom. The van der Waals surface area contributed by atoms with Crippen molar-refractivity contribution < 1.29 is 4.79 Å². The number of hydrogen-bond donors (Lipinski definition) is 2. The van der Waals surface area contributed by atoms with Gasteiger partial charge in [-0.25, -0.2) is 9.67 Å². The van der Waals surface area contributed by atoms with Crippen LogP contribution in [-0.2, 0) is 12.8 Å². The smallest absolute Gasteiger partial charge is 0.279 e. The second-order valence-electron chi connectivity index (χ2n) is 7.35. The number of amides is 1. The maximum Gasteiger partial charge on any atom is 0.279 e. The minimum absolute atomic E-state index is 0.0246. The minimum atomic E-state index is -0.492. The Labute approximate surface area is 156 Å². The van der Waals surface area contributed by atoms with Gasteiger partial charge in [-0.3, -0.25) is 14.4 Å². The van der Waals surface area contributed by atoms with Crippen LogP contribution in [0.5, 0.6) is 0 Å². The number of fused-ring (bicyclic) bond motifs is 1. The predicted octanol–water partition coefficient (Wildman–Crippen LogP) is 1.12. The van der Waals surface area contributed by atoms with Gasteiger partial charge in [0.15, 0.2) is 5.69 Å². The molecule has 2 aromatic rings. The zero-order valence-corrected chi connectivity index (χ0v) is 15.1. The molecule has 1 amide bonds. The minimum Gasteiger partial charge on any atom is -0.348 e. The first-order valence-electron chi connectivity index (χ1n) is 9.58. The van der Waals surface area contributed by atoms with Crippen molar-refractivity contribution >= 4 is 5.91 Å². The van der Waals surface area contributed by atoms with Crippen LogP contribution >= 0.6 is 0 Å². The molecule has 2 aliphatic rings. The number of nitrogens with zero attached hydrogens (tertiary/aromatic N) is 3. The average Bonchev–Trinajstić information content (AvgIpc) is 2.68. The fourth-order valence-electron chi connectivity index (χ4n) is 4.07. The van der Waals surface area contributed by atoms with Crippen LogP contribution in [0.4, 0.5) is 0 Å². The number of rotatable bonds is 3. The van der Waals surface area contributed by atoms with Crippen molar-refractivity contribution in [3.05, 3.63) is 56.1 Å². The Bertz CT molecular complexity index is 956. The van der Waals surface area contributed by atoms with E-state index in [1.165, 1.54) is 12.4 Å². The lowest BCUT2D eigenvalue weighted by Crippen LogP contribution is -2.41. The number of hydrogen-bond acceptors (Lipinski definition) is 5. The van der Waals surface area contributed by atoms with Gasteiger partial charge in [0.05, 0.1) is 11.7 Å². The van der Waals surface area contributed by atoms with E-state index in [1.807, 2.05) is 0 Å². The fraction of sp³-hybridized carbons (Fsp3) is 0.526. The summed E-state index contributed by atoms with van der Waals surface area (Å²) < 4.78 is 1.64. The van der Waals surface area contributed by atoms with Crippen molar-refractivity contribution in [3.8, 4) is 0 Å². The van der Waals surface area contributed by atoms with Gasteiger partial charge in [0.2, 0.25) is 0 Å². The molecule has 0 saturated heterocycles. The third-order valence-corrected chi connectivity index (χ3v) is 5.53. The Morgan fingerprint density at radius 3 is 2.70 bits per heavy atom. The molecule has 2 aliphatic carbocycles. The fourth-order valence-corrected chi connectivity index (χ4v) is 4.07. The van der Waals surface area contributed by atoms with Crippen molar-refractivity contribution in [3.63, 3.8) is 0 Å². The maximum atomic E-state index is 12.5. The van der Waals surface area contributed by atoms with Crippen LogP contribution in [0.1, 0.15) is 66.3 Å². The molecule has 2 N–H and O–H groups in total. The third kappa shape index (κ3) is 3.70. The maximum absolute atomic E-state index is 12.5. The van der Waals surface area contributed by atoms with E-state index < -0.39 is 11.5 Å². The van der Waals surface area contributed by atoms with E-state index in [4.69, 9.17) is 0 Å². The molecule has 1 saturated carbocycles. The summed E-state index contributed by atoms with van der Waals surface area (Å²) in [5.41, 5.74) is 1.53. The van der Waals surface area contributed by atoms with Crippen molar-refractivity contribution in [2.75, 3.05) is 0 Å². The molecule has 1 fully saturated rings. The first kappa shape index (κ1) is 17.6. The van der Waals surface area contributed by atoms with Crippen molar-refractivity contribution in [2.45, 2.75) is 63.5 Å². The highest BCUT2D eigenvalue weighted by molar-refractivity contribution is 5.92. The van der Waals surface area contributed by atoms with Crippen molar-refractivity contribution in [2.24, 2.45) is 0 Å². The Balaban J connectivity index is 1.41. The molecule has 0 aromatic carbocycles. The lowest BCUT2D eigenvalue weighted by atomic mass is 9.91. The lowest BCUT2D eigenvalue weighted by molar-refractivity contribution is 0.0914. The highest BCUT2D eigenvalue weighted by Gasteiger charge is 2.27. The average molecular weight is 369 g/mol. The van der Waals surface area contributed by atoms with Crippen LogP contribution < -0.4 is 16.4 Å². The Morgan fingerprint density at radius 1 is 1.15 bits per heavy atom. The molecule has 8 heteroatoms. The quantitative estimate of drug-likeness (QED) is 0.842. The molecule has 0 aliphatic heterocycles. The second kappa shape index (κ2) is 7.46. The summed E-state index contributed by atoms with van der Waals surface area (Å²) in [6.45, 7) is 0. The first-order chi connectivity index (χ1) is 13.1. The molecule has 0 atom stereocenters. The molecule has 4 rings (SSSR count). The van der Waals surface area contributed by atoms with Gasteiger partial charge in [0, 0.05) is 24.5 Å². The lowest BCUT2D eigenvalue weighted by Gasteiger charge is -2.30. The number of aromatic amines is 1. The normalized spacial score (nSPS) is 22.1. The van der Waals surface area contributed by atoms with Crippen LogP contribution in [0.3, 0.4) is 0 Å². The number of aryl methyl sites for hydroxylation is 2. The van der Waals surface area contributed by atoms with Crippen LogP contribution in [0, 0.1) is 0 Å². The van der Waals surface area contributed by atoms with Gasteiger partial charge >= 0.3 is 0 Å². The highest BCUT2D eigenvalue weighted by Crippen LogP contribution is 2.28.